The minimum atomic E-state index is -0.565. The van der Waals surface area contributed by atoms with Gasteiger partial charge in [-0.25, -0.2) is 0 Å². The van der Waals surface area contributed by atoms with E-state index in [0.29, 0.717) is 0 Å². The molecule has 0 spiro atoms. The number of hydrogen-bond donors (Lipinski definition) is 1. The van der Waals surface area contributed by atoms with Crippen molar-refractivity contribution in [1.82, 2.24) is 0 Å². The number of unbranched alkanes of at least 4 members (excludes halogenated alkanes) is 17. The first kappa shape index (κ1) is 26.5. The number of carboxylic acids is 1. The van der Waals surface area contributed by atoms with Crippen molar-refractivity contribution < 1.29 is 9.90 Å². The van der Waals surface area contributed by atoms with Crippen LogP contribution in [0.15, 0.2) is 0 Å². The molecule has 0 saturated heterocycles. The van der Waals surface area contributed by atoms with Crippen LogP contribution in [-0.4, -0.2) is 11.1 Å². The van der Waals surface area contributed by atoms with Crippen LogP contribution in [0.2, 0.25) is 0 Å². The number of carbonyl (C=O) groups is 1. The molecule has 0 rings (SSSR count). The fourth-order valence-corrected chi connectivity index (χ4v) is 3.97. The highest BCUT2D eigenvalue weighted by Crippen LogP contribution is 2.20. The van der Waals surface area contributed by atoms with Crippen LogP contribution in [-0.2, 0) is 4.79 Å². The predicted octanol–water partition coefficient (Wildman–Crippen LogP) is 8.92. The molecule has 0 amide bonds. The van der Waals surface area contributed by atoms with Gasteiger partial charge in [-0.1, -0.05) is 136 Å². The maximum absolute atomic E-state index is 11.5. The van der Waals surface area contributed by atoms with E-state index in [-0.39, 0.29) is 5.92 Å². The third-order valence-corrected chi connectivity index (χ3v) is 5.91. The molecule has 0 aliphatic rings. The lowest BCUT2D eigenvalue weighted by Gasteiger charge is -2.12. The Morgan fingerprint density at radius 3 is 1.04 bits per heavy atom. The van der Waals surface area contributed by atoms with E-state index in [4.69, 9.17) is 0 Å². The summed E-state index contributed by atoms with van der Waals surface area (Å²) in [6, 6.07) is 0. The molecule has 2 heteroatoms. The number of hydrogen-bond acceptors (Lipinski definition) is 1. The third-order valence-electron chi connectivity index (χ3n) is 5.91. The first-order valence-electron chi connectivity index (χ1n) is 12.4. The van der Waals surface area contributed by atoms with Crippen molar-refractivity contribution >= 4 is 5.97 Å². The van der Waals surface area contributed by atoms with Gasteiger partial charge in [-0.15, -0.1) is 0 Å². The smallest absolute Gasteiger partial charge is 0.306 e. The highest BCUT2D eigenvalue weighted by atomic mass is 16.4. The molecule has 0 aliphatic heterocycles. The first-order chi connectivity index (χ1) is 13.2. The summed E-state index contributed by atoms with van der Waals surface area (Å²) in [6.07, 6.45) is 26.8. The maximum Gasteiger partial charge on any atom is 0.306 e. The normalized spacial score (nSPS) is 12.4. The summed E-state index contributed by atoms with van der Waals surface area (Å²) in [7, 11) is 0. The lowest BCUT2D eigenvalue weighted by atomic mass is 9.94. The molecule has 1 atom stereocenters. The molecule has 1 N–H and O–H groups in total. The van der Waals surface area contributed by atoms with Gasteiger partial charge >= 0.3 is 5.97 Å². The summed E-state index contributed by atoms with van der Waals surface area (Å²) < 4.78 is 0. The van der Waals surface area contributed by atoms with Crippen molar-refractivity contribution in [3.8, 4) is 0 Å². The molecule has 0 aromatic heterocycles. The Balaban J connectivity index is 3.45. The van der Waals surface area contributed by atoms with Gasteiger partial charge in [0.25, 0.3) is 0 Å². The largest absolute Gasteiger partial charge is 0.481 e. The summed E-state index contributed by atoms with van der Waals surface area (Å²) in [5.41, 5.74) is 0. The minimum absolute atomic E-state index is 0.0938. The van der Waals surface area contributed by atoms with Crippen LogP contribution in [0.3, 0.4) is 0 Å². The van der Waals surface area contributed by atoms with Crippen molar-refractivity contribution in [1.29, 1.82) is 0 Å². The van der Waals surface area contributed by atoms with Gasteiger partial charge in [-0.3, -0.25) is 4.79 Å². The Kier molecular flexibility index (Phi) is 21.3. The number of aliphatic carboxylic acids is 1. The van der Waals surface area contributed by atoms with Gasteiger partial charge in [-0.2, -0.15) is 0 Å². The first-order valence-corrected chi connectivity index (χ1v) is 12.4. The third kappa shape index (κ3) is 20.0. The van der Waals surface area contributed by atoms with Gasteiger partial charge in [0.15, 0.2) is 0 Å². The van der Waals surface area contributed by atoms with Gasteiger partial charge in [-0.05, 0) is 12.8 Å². The van der Waals surface area contributed by atoms with Crippen molar-refractivity contribution in [2.24, 2.45) is 5.92 Å². The predicted molar refractivity (Wildman–Crippen MR) is 119 cm³/mol. The van der Waals surface area contributed by atoms with E-state index in [1.54, 1.807) is 0 Å². The van der Waals surface area contributed by atoms with Crippen LogP contribution in [0.4, 0.5) is 0 Å². The highest BCUT2D eigenvalue weighted by Gasteiger charge is 2.16. The maximum atomic E-state index is 11.5. The minimum Gasteiger partial charge on any atom is -0.481 e. The van der Waals surface area contributed by atoms with Gasteiger partial charge in [0.05, 0.1) is 5.92 Å². The Morgan fingerprint density at radius 2 is 0.778 bits per heavy atom. The summed E-state index contributed by atoms with van der Waals surface area (Å²) >= 11 is 0. The molecule has 0 saturated carbocycles. The second-order valence-electron chi connectivity index (χ2n) is 8.62. The van der Waals surface area contributed by atoms with Crippen LogP contribution >= 0.6 is 0 Å². The Labute approximate surface area is 170 Å². The lowest BCUT2D eigenvalue weighted by Crippen LogP contribution is -2.13. The second kappa shape index (κ2) is 21.8. The fraction of sp³-hybridized carbons (Fsp3) is 0.960. The van der Waals surface area contributed by atoms with E-state index in [9.17, 15) is 9.90 Å². The van der Waals surface area contributed by atoms with E-state index in [1.165, 1.54) is 109 Å². The van der Waals surface area contributed by atoms with E-state index >= 15 is 0 Å². The molecule has 162 valence electrons. The molecule has 0 aliphatic carbocycles. The quantitative estimate of drug-likeness (QED) is 0.190. The van der Waals surface area contributed by atoms with Gasteiger partial charge in [0.1, 0.15) is 0 Å². The van der Waals surface area contributed by atoms with Gasteiger partial charge in [0, 0.05) is 0 Å². The average Bonchev–Trinajstić information content (AvgIpc) is 2.66. The standard InChI is InChI=1S/C25H50O2/c1-3-5-7-9-11-13-14-15-17-19-21-23-24(25(26)27)22-20-18-16-12-10-8-6-4-2/h24H,3-23H2,1-2H3,(H,26,27). The molecule has 0 fully saturated rings. The summed E-state index contributed by atoms with van der Waals surface area (Å²) in [6.45, 7) is 4.52. The van der Waals surface area contributed by atoms with E-state index in [1.807, 2.05) is 0 Å². The summed E-state index contributed by atoms with van der Waals surface area (Å²) in [5, 5.41) is 9.43. The Morgan fingerprint density at radius 1 is 0.519 bits per heavy atom. The van der Waals surface area contributed by atoms with Crippen LogP contribution in [0, 0.1) is 5.92 Å². The summed E-state index contributed by atoms with van der Waals surface area (Å²) in [4.78, 5) is 11.5. The van der Waals surface area contributed by atoms with Crippen LogP contribution in [0.1, 0.15) is 149 Å². The van der Waals surface area contributed by atoms with Crippen LogP contribution in [0.25, 0.3) is 0 Å². The van der Waals surface area contributed by atoms with Crippen molar-refractivity contribution in [3.05, 3.63) is 0 Å². The monoisotopic (exact) mass is 382 g/mol. The van der Waals surface area contributed by atoms with Crippen LogP contribution in [0.5, 0.6) is 0 Å². The molecular weight excluding hydrogens is 332 g/mol. The van der Waals surface area contributed by atoms with Crippen molar-refractivity contribution in [3.63, 3.8) is 0 Å². The molecule has 0 aromatic carbocycles. The molecule has 2 nitrogen and oxygen atoms in total. The molecule has 1 unspecified atom stereocenters. The van der Waals surface area contributed by atoms with E-state index in [0.717, 1.165) is 25.7 Å². The highest BCUT2D eigenvalue weighted by molar-refractivity contribution is 5.69. The number of carboxylic acid groups (broad SMARTS) is 1. The van der Waals surface area contributed by atoms with Crippen LogP contribution < -0.4 is 0 Å². The van der Waals surface area contributed by atoms with E-state index in [2.05, 4.69) is 13.8 Å². The van der Waals surface area contributed by atoms with Crippen molar-refractivity contribution in [2.75, 3.05) is 0 Å². The molecule has 0 heterocycles. The molecular formula is C25H50O2. The second-order valence-corrected chi connectivity index (χ2v) is 8.62. The average molecular weight is 383 g/mol. The Bertz CT molecular complexity index is 301. The zero-order chi connectivity index (χ0) is 20.0. The van der Waals surface area contributed by atoms with E-state index < -0.39 is 5.97 Å². The molecule has 0 bridgehead atoms. The zero-order valence-corrected chi connectivity index (χ0v) is 18.8. The fourth-order valence-electron chi connectivity index (χ4n) is 3.97. The lowest BCUT2D eigenvalue weighted by molar-refractivity contribution is -0.142. The molecule has 0 aromatic rings. The molecule has 0 radical (unpaired) electrons. The summed E-state index contributed by atoms with van der Waals surface area (Å²) in [5.74, 6) is -0.659. The zero-order valence-electron chi connectivity index (χ0n) is 18.8. The number of rotatable bonds is 22. The van der Waals surface area contributed by atoms with Gasteiger partial charge < -0.3 is 5.11 Å². The Hall–Kier alpha value is -0.530. The molecule has 27 heavy (non-hydrogen) atoms. The SMILES string of the molecule is CCCCCCCCCCCCCC(CCCCCCCCCC)C(=O)O. The van der Waals surface area contributed by atoms with Gasteiger partial charge in [0.2, 0.25) is 0 Å². The van der Waals surface area contributed by atoms with Crippen molar-refractivity contribution in [2.45, 2.75) is 149 Å². The topological polar surface area (TPSA) is 37.3 Å².